The molecule has 2 aromatic carbocycles. The van der Waals surface area contributed by atoms with E-state index in [0.29, 0.717) is 5.69 Å². The van der Waals surface area contributed by atoms with Crippen LogP contribution in [-0.4, -0.2) is 13.1 Å². The number of benzene rings is 2. The van der Waals surface area contributed by atoms with Gasteiger partial charge in [-0.15, -0.1) is 0 Å². The molecule has 0 bridgehead atoms. The zero-order valence-corrected chi connectivity index (χ0v) is 11.3. The van der Waals surface area contributed by atoms with Gasteiger partial charge in [0.25, 0.3) is 0 Å². The summed E-state index contributed by atoms with van der Waals surface area (Å²) in [7, 11) is 1.17. The van der Waals surface area contributed by atoms with E-state index in [1.54, 1.807) is 30.3 Å². The van der Waals surface area contributed by atoms with Crippen LogP contribution in [0.15, 0.2) is 43.0 Å². The molecule has 2 rings (SSSR count). The first kappa shape index (κ1) is 14.7. The van der Waals surface area contributed by atoms with Crippen LogP contribution in [0, 0.1) is 11.6 Å². The molecule has 0 saturated heterocycles. The highest BCUT2D eigenvalue weighted by Gasteiger charge is 2.22. The van der Waals surface area contributed by atoms with Crippen molar-refractivity contribution in [2.75, 3.05) is 12.4 Å². The first-order valence-electron chi connectivity index (χ1n) is 6.13. The van der Waals surface area contributed by atoms with Crippen LogP contribution in [0.3, 0.4) is 0 Å². The van der Waals surface area contributed by atoms with Gasteiger partial charge >= 0.3 is 5.97 Å². The van der Waals surface area contributed by atoms with Crippen LogP contribution >= 0.6 is 0 Å². The quantitative estimate of drug-likeness (QED) is 0.860. The number of carbonyl (C=O) groups is 1. The van der Waals surface area contributed by atoms with Gasteiger partial charge in [0.2, 0.25) is 0 Å². The van der Waals surface area contributed by atoms with Crippen molar-refractivity contribution < 1.29 is 18.3 Å². The van der Waals surface area contributed by atoms with Gasteiger partial charge in [0.15, 0.2) is 11.6 Å². The van der Waals surface area contributed by atoms with Crippen molar-refractivity contribution >= 4 is 23.4 Å². The van der Waals surface area contributed by atoms with E-state index >= 15 is 0 Å². The molecule has 0 spiro atoms. The molecule has 5 heteroatoms. The van der Waals surface area contributed by atoms with Crippen molar-refractivity contribution in [3.05, 3.63) is 65.7 Å². The highest BCUT2D eigenvalue weighted by atomic mass is 19.2. The van der Waals surface area contributed by atoms with Crippen LogP contribution in [0.4, 0.5) is 20.2 Å². The zero-order chi connectivity index (χ0) is 15.4. The first-order chi connectivity index (χ1) is 10.1. The van der Waals surface area contributed by atoms with Crippen molar-refractivity contribution in [2.24, 2.45) is 0 Å². The Morgan fingerprint density at radius 3 is 2.48 bits per heavy atom. The number of hydrogen-bond donors (Lipinski definition) is 1. The maximum absolute atomic E-state index is 14.2. The molecule has 0 saturated carbocycles. The molecule has 21 heavy (non-hydrogen) atoms. The molecule has 0 radical (unpaired) electrons. The maximum Gasteiger partial charge on any atom is 0.340 e. The fraction of sp³-hybridized carbons (Fsp3) is 0.0625. The van der Waals surface area contributed by atoms with Gasteiger partial charge < -0.3 is 10.1 Å². The Kier molecular flexibility index (Phi) is 4.33. The molecule has 1 N–H and O–H groups in total. The summed E-state index contributed by atoms with van der Waals surface area (Å²) in [5.41, 5.74) is 0.0464. The Morgan fingerprint density at radius 1 is 1.24 bits per heavy atom. The molecule has 0 aliphatic carbocycles. The molecular formula is C16H13F2NO2. The van der Waals surface area contributed by atoms with Gasteiger partial charge in [-0.3, -0.25) is 0 Å². The third kappa shape index (κ3) is 2.91. The number of carbonyl (C=O) groups excluding carboxylic acids is 1. The Hall–Kier alpha value is -2.69. The minimum atomic E-state index is -1.16. The van der Waals surface area contributed by atoms with Crippen molar-refractivity contribution in [2.45, 2.75) is 0 Å². The number of nitrogens with one attached hydrogen (secondary N) is 1. The maximum atomic E-state index is 14.2. The number of esters is 1. The van der Waals surface area contributed by atoms with Gasteiger partial charge in [0.1, 0.15) is 0 Å². The van der Waals surface area contributed by atoms with Crippen LogP contribution < -0.4 is 5.32 Å². The molecule has 0 heterocycles. The second-order valence-electron chi connectivity index (χ2n) is 4.20. The predicted molar refractivity (Wildman–Crippen MR) is 77.5 cm³/mol. The number of halogens is 2. The molecule has 0 aliphatic heterocycles. The number of anilines is 2. The lowest BCUT2D eigenvalue weighted by Gasteiger charge is -2.14. The monoisotopic (exact) mass is 289 g/mol. The molecule has 0 amide bonds. The van der Waals surface area contributed by atoms with Crippen molar-refractivity contribution in [1.82, 2.24) is 0 Å². The van der Waals surface area contributed by atoms with E-state index in [2.05, 4.69) is 16.6 Å². The highest BCUT2D eigenvalue weighted by Crippen LogP contribution is 2.29. The second-order valence-corrected chi connectivity index (χ2v) is 4.20. The largest absolute Gasteiger partial charge is 0.465 e. The van der Waals surface area contributed by atoms with E-state index in [9.17, 15) is 13.6 Å². The Morgan fingerprint density at radius 2 is 1.90 bits per heavy atom. The first-order valence-corrected chi connectivity index (χ1v) is 6.13. The average Bonchev–Trinajstić information content (AvgIpc) is 2.52. The van der Waals surface area contributed by atoms with Crippen molar-refractivity contribution in [3.63, 3.8) is 0 Å². The predicted octanol–water partition coefficient (Wildman–Crippen LogP) is 4.14. The van der Waals surface area contributed by atoms with Gasteiger partial charge in [-0.25, -0.2) is 13.6 Å². The fourth-order valence-corrected chi connectivity index (χ4v) is 1.85. The molecule has 3 nitrogen and oxygen atoms in total. The molecular weight excluding hydrogens is 276 g/mol. The van der Waals surface area contributed by atoms with E-state index in [-0.39, 0.29) is 16.8 Å². The smallest absolute Gasteiger partial charge is 0.340 e. The van der Waals surface area contributed by atoms with Gasteiger partial charge in [-0.1, -0.05) is 30.9 Å². The van der Waals surface area contributed by atoms with Crippen molar-refractivity contribution in [3.8, 4) is 0 Å². The number of rotatable bonds is 4. The van der Waals surface area contributed by atoms with E-state index in [1.165, 1.54) is 13.2 Å². The van der Waals surface area contributed by atoms with Gasteiger partial charge in [0.05, 0.1) is 18.4 Å². The third-order valence-electron chi connectivity index (χ3n) is 2.90. The molecule has 0 atom stereocenters. The highest BCUT2D eigenvalue weighted by molar-refractivity contribution is 5.97. The lowest BCUT2D eigenvalue weighted by molar-refractivity contribution is 0.0601. The zero-order valence-electron chi connectivity index (χ0n) is 11.3. The summed E-state index contributed by atoms with van der Waals surface area (Å²) < 4.78 is 32.7. The number of hydrogen-bond acceptors (Lipinski definition) is 3. The summed E-state index contributed by atoms with van der Waals surface area (Å²) in [6.07, 6.45) is 1.14. The fourth-order valence-electron chi connectivity index (χ4n) is 1.85. The topological polar surface area (TPSA) is 38.3 Å². The summed E-state index contributed by atoms with van der Waals surface area (Å²) >= 11 is 0. The molecule has 2 aromatic rings. The average molecular weight is 289 g/mol. The normalized spacial score (nSPS) is 10.0. The summed E-state index contributed by atoms with van der Waals surface area (Å²) in [5, 5.41) is 2.70. The van der Waals surface area contributed by atoms with E-state index in [4.69, 9.17) is 0 Å². The SMILES string of the molecule is C=Cc1cc(C(=O)OC)c(Nc2ccccc2)c(F)c1F. The molecule has 0 unspecified atom stereocenters. The molecule has 0 aliphatic rings. The molecule has 0 aromatic heterocycles. The standard InChI is InChI=1S/C16H13F2NO2/c1-3-10-9-12(16(20)21-2)15(14(18)13(10)17)19-11-7-5-4-6-8-11/h3-9,19H,1H2,2H3. The summed E-state index contributed by atoms with van der Waals surface area (Å²) in [5.74, 6) is -3.00. The van der Waals surface area contributed by atoms with Gasteiger partial charge in [-0.05, 0) is 18.2 Å². The third-order valence-corrected chi connectivity index (χ3v) is 2.90. The lowest BCUT2D eigenvalue weighted by Crippen LogP contribution is -2.10. The Labute approximate surface area is 120 Å². The van der Waals surface area contributed by atoms with E-state index in [1.807, 2.05) is 0 Å². The summed E-state index contributed by atoms with van der Waals surface area (Å²) in [6, 6.07) is 9.77. The van der Waals surface area contributed by atoms with Gasteiger partial charge in [0, 0.05) is 11.3 Å². The summed E-state index contributed by atoms with van der Waals surface area (Å²) in [4.78, 5) is 11.8. The molecule has 108 valence electrons. The van der Waals surface area contributed by atoms with Crippen LogP contribution in [0.5, 0.6) is 0 Å². The van der Waals surface area contributed by atoms with Crippen LogP contribution in [0.2, 0.25) is 0 Å². The Balaban J connectivity index is 2.59. The van der Waals surface area contributed by atoms with E-state index < -0.39 is 17.6 Å². The minimum absolute atomic E-state index is 0.102. The minimum Gasteiger partial charge on any atom is -0.465 e. The number of ether oxygens (including phenoxy) is 1. The Bertz CT molecular complexity index is 684. The van der Waals surface area contributed by atoms with Crippen molar-refractivity contribution in [1.29, 1.82) is 0 Å². The van der Waals surface area contributed by atoms with Crippen LogP contribution in [0.25, 0.3) is 6.08 Å². The van der Waals surface area contributed by atoms with E-state index in [0.717, 1.165) is 6.08 Å². The van der Waals surface area contributed by atoms with Crippen LogP contribution in [-0.2, 0) is 4.74 Å². The summed E-state index contributed by atoms with van der Waals surface area (Å²) in [6.45, 7) is 3.39. The molecule has 0 fully saturated rings. The number of methoxy groups -OCH3 is 1. The van der Waals surface area contributed by atoms with Gasteiger partial charge in [-0.2, -0.15) is 0 Å². The second kappa shape index (κ2) is 6.17. The number of para-hydroxylation sites is 1. The lowest BCUT2D eigenvalue weighted by atomic mass is 10.1. The van der Waals surface area contributed by atoms with Crippen LogP contribution in [0.1, 0.15) is 15.9 Å².